The van der Waals surface area contributed by atoms with Gasteiger partial charge >= 0.3 is 0 Å². The van der Waals surface area contributed by atoms with E-state index in [0.717, 1.165) is 12.5 Å². The van der Waals surface area contributed by atoms with Gasteiger partial charge in [-0.3, -0.25) is 0 Å². The van der Waals surface area contributed by atoms with Gasteiger partial charge in [-0.2, -0.15) is 0 Å². The zero-order valence-corrected chi connectivity index (χ0v) is 11.6. The molecule has 1 aliphatic carbocycles. The Hall–Kier alpha value is -0.470. The SMILES string of the molecule is Cc1cccc(SCCNCC2CCCC2)c1. The van der Waals surface area contributed by atoms with Crippen LogP contribution >= 0.6 is 11.8 Å². The summed E-state index contributed by atoms with van der Waals surface area (Å²) in [7, 11) is 0. The number of rotatable bonds is 6. The number of aryl methyl sites for hydroxylation is 1. The molecule has 0 atom stereocenters. The molecule has 2 heteroatoms. The molecule has 0 unspecified atom stereocenters. The minimum absolute atomic E-state index is 0.957. The second-order valence-corrected chi connectivity index (χ2v) is 6.19. The van der Waals surface area contributed by atoms with E-state index in [1.165, 1.54) is 48.4 Å². The van der Waals surface area contributed by atoms with Gasteiger partial charge in [-0.15, -0.1) is 11.8 Å². The Morgan fingerprint density at radius 1 is 1.29 bits per heavy atom. The highest BCUT2D eigenvalue weighted by molar-refractivity contribution is 7.99. The first-order valence-corrected chi connectivity index (χ1v) is 7.73. The zero-order valence-electron chi connectivity index (χ0n) is 10.7. The predicted molar refractivity (Wildman–Crippen MR) is 76.7 cm³/mol. The van der Waals surface area contributed by atoms with Crippen LogP contribution in [0, 0.1) is 12.8 Å². The summed E-state index contributed by atoms with van der Waals surface area (Å²) in [5, 5.41) is 3.59. The van der Waals surface area contributed by atoms with Crippen molar-refractivity contribution in [3.8, 4) is 0 Å². The van der Waals surface area contributed by atoms with Gasteiger partial charge in [0.1, 0.15) is 0 Å². The van der Waals surface area contributed by atoms with Gasteiger partial charge in [0.2, 0.25) is 0 Å². The summed E-state index contributed by atoms with van der Waals surface area (Å²) >= 11 is 1.95. The zero-order chi connectivity index (χ0) is 11.9. The molecule has 0 bridgehead atoms. The molecule has 1 aromatic rings. The number of nitrogens with one attached hydrogen (secondary N) is 1. The van der Waals surface area contributed by atoms with Crippen LogP contribution in [0.25, 0.3) is 0 Å². The van der Waals surface area contributed by atoms with E-state index in [9.17, 15) is 0 Å². The minimum atomic E-state index is 0.957. The first-order valence-electron chi connectivity index (χ1n) is 6.75. The second kappa shape index (κ2) is 7.07. The lowest BCUT2D eigenvalue weighted by Gasteiger charge is -2.10. The maximum Gasteiger partial charge on any atom is 0.0106 e. The Morgan fingerprint density at radius 3 is 2.88 bits per heavy atom. The number of thioether (sulfide) groups is 1. The van der Waals surface area contributed by atoms with Gasteiger partial charge in [-0.25, -0.2) is 0 Å². The normalized spacial score (nSPS) is 16.5. The van der Waals surface area contributed by atoms with Crippen molar-refractivity contribution in [1.29, 1.82) is 0 Å². The average Bonchev–Trinajstić information content (AvgIpc) is 2.82. The quantitative estimate of drug-likeness (QED) is 0.607. The van der Waals surface area contributed by atoms with Gasteiger partial charge in [-0.05, 0) is 44.4 Å². The largest absolute Gasteiger partial charge is 0.316 e. The monoisotopic (exact) mass is 249 g/mol. The molecule has 0 spiro atoms. The third-order valence-electron chi connectivity index (χ3n) is 3.44. The van der Waals surface area contributed by atoms with Crippen LogP contribution in [0.15, 0.2) is 29.2 Å². The van der Waals surface area contributed by atoms with E-state index >= 15 is 0 Å². The van der Waals surface area contributed by atoms with Crippen LogP contribution in [0.4, 0.5) is 0 Å². The molecule has 0 saturated heterocycles. The maximum atomic E-state index is 3.59. The van der Waals surface area contributed by atoms with Crippen LogP contribution in [0.1, 0.15) is 31.2 Å². The molecule has 1 aromatic carbocycles. The molecule has 1 nitrogen and oxygen atoms in total. The van der Waals surface area contributed by atoms with Crippen molar-refractivity contribution >= 4 is 11.8 Å². The molecular weight excluding hydrogens is 226 g/mol. The van der Waals surface area contributed by atoms with Crippen LogP contribution in [-0.4, -0.2) is 18.8 Å². The number of benzene rings is 1. The Balaban J connectivity index is 1.56. The highest BCUT2D eigenvalue weighted by Gasteiger charge is 2.13. The van der Waals surface area contributed by atoms with Gasteiger partial charge in [0.15, 0.2) is 0 Å². The van der Waals surface area contributed by atoms with E-state index in [0.29, 0.717) is 0 Å². The molecule has 0 amide bonds. The molecule has 2 rings (SSSR count). The maximum absolute atomic E-state index is 3.59. The molecule has 0 aromatic heterocycles. The van der Waals surface area contributed by atoms with Crippen molar-refractivity contribution in [2.24, 2.45) is 5.92 Å². The number of hydrogen-bond donors (Lipinski definition) is 1. The molecule has 0 radical (unpaired) electrons. The van der Waals surface area contributed by atoms with E-state index in [4.69, 9.17) is 0 Å². The lowest BCUT2D eigenvalue weighted by molar-refractivity contribution is 0.500. The van der Waals surface area contributed by atoms with Crippen molar-refractivity contribution in [3.63, 3.8) is 0 Å². The fraction of sp³-hybridized carbons (Fsp3) is 0.600. The molecular formula is C15H23NS. The Kier molecular flexibility index (Phi) is 5.40. The first-order chi connectivity index (χ1) is 8.34. The summed E-state index contributed by atoms with van der Waals surface area (Å²) in [6.07, 6.45) is 5.78. The second-order valence-electron chi connectivity index (χ2n) is 5.02. The molecule has 94 valence electrons. The highest BCUT2D eigenvalue weighted by atomic mass is 32.2. The third-order valence-corrected chi connectivity index (χ3v) is 4.44. The summed E-state index contributed by atoms with van der Waals surface area (Å²) in [5.41, 5.74) is 1.36. The van der Waals surface area contributed by atoms with Crippen molar-refractivity contribution in [2.75, 3.05) is 18.8 Å². The van der Waals surface area contributed by atoms with E-state index in [1.807, 2.05) is 11.8 Å². The van der Waals surface area contributed by atoms with Gasteiger partial charge in [0.25, 0.3) is 0 Å². The molecule has 1 aliphatic rings. The summed E-state index contributed by atoms with van der Waals surface area (Å²) in [4.78, 5) is 1.40. The molecule has 0 aliphatic heterocycles. The fourth-order valence-electron chi connectivity index (χ4n) is 2.47. The Labute approximate surface area is 109 Å². The average molecular weight is 249 g/mol. The Bertz CT molecular complexity index is 331. The Morgan fingerprint density at radius 2 is 2.12 bits per heavy atom. The van der Waals surface area contributed by atoms with E-state index < -0.39 is 0 Å². The summed E-state index contributed by atoms with van der Waals surface area (Å²) < 4.78 is 0. The van der Waals surface area contributed by atoms with E-state index in [2.05, 4.69) is 36.5 Å². The lowest BCUT2D eigenvalue weighted by Crippen LogP contribution is -2.23. The molecule has 1 saturated carbocycles. The van der Waals surface area contributed by atoms with Gasteiger partial charge in [-0.1, -0.05) is 30.5 Å². The predicted octanol–water partition coefficient (Wildman–Crippen LogP) is 3.87. The third kappa shape index (κ3) is 4.72. The van der Waals surface area contributed by atoms with E-state index in [-0.39, 0.29) is 0 Å². The van der Waals surface area contributed by atoms with Crippen molar-refractivity contribution in [2.45, 2.75) is 37.5 Å². The van der Waals surface area contributed by atoms with Gasteiger partial charge in [0.05, 0.1) is 0 Å². The smallest absolute Gasteiger partial charge is 0.0106 e. The summed E-state index contributed by atoms with van der Waals surface area (Å²) in [6.45, 7) is 4.52. The van der Waals surface area contributed by atoms with Crippen LogP contribution in [0.3, 0.4) is 0 Å². The van der Waals surface area contributed by atoms with Crippen molar-refractivity contribution in [3.05, 3.63) is 29.8 Å². The fourth-order valence-corrected chi connectivity index (χ4v) is 3.39. The highest BCUT2D eigenvalue weighted by Crippen LogP contribution is 2.23. The minimum Gasteiger partial charge on any atom is -0.316 e. The summed E-state index contributed by atoms with van der Waals surface area (Å²) in [5.74, 6) is 2.13. The topological polar surface area (TPSA) is 12.0 Å². The van der Waals surface area contributed by atoms with Crippen LogP contribution in [0.5, 0.6) is 0 Å². The van der Waals surface area contributed by atoms with Crippen LogP contribution in [-0.2, 0) is 0 Å². The first kappa shape index (κ1) is 13.0. The van der Waals surface area contributed by atoms with Crippen molar-refractivity contribution < 1.29 is 0 Å². The molecule has 0 heterocycles. The molecule has 1 N–H and O–H groups in total. The number of hydrogen-bond acceptors (Lipinski definition) is 2. The standard InChI is InChI=1S/C15H23NS/c1-13-5-4-8-15(11-13)17-10-9-16-12-14-6-2-3-7-14/h4-5,8,11,14,16H,2-3,6-7,9-10,12H2,1H3. The van der Waals surface area contributed by atoms with Gasteiger partial charge in [0, 0.05) is 17.2 Å². The van der Waals surface area contributed by atoms with Crippen LogP contribution in [0.2, 0.25) is 0 Å². The van der Waals surface area contributed by atoms with Gasteiger partial charge < -0.3 is 5.32 Å². The molecule has 1 fully saturated rings. The van der Waals surface area contributed by atoms with Crippen LogP contribution < -0.4 is 5.32 Å². The van der Waals surface area contributed by atoms with Crippen molar-refractivity contribution in [1.82, 2.24) is 5.32 Å². The van der Waals surface area contributed by atoms with E-state index in [1.54, 1.807) is 0 Å². The lowest BCUT2D eigenvalue weighted by atomic mass is 10.1. The summed E-state index contributed by atoms with van der Waals surface area (Å²) in [6, 6.07) is 8.77. The molecule has 17 heavy (non-hydrogen) atoms.